The van der Waals surface area contributed by atoms with Crippen LogP contribution in [0.3, 0.4) is 0 Å². The number of carbonyl (C=O) groups is 1. The minimum atomic E-state index is -4.76. The molecular weight excluding hydrogens is 461 g/mol. The Kier molecular flexibility index (Phi) is 6.77. The molecule has 0 radical (unpaired) electrons. The monoisotopic (exact) mass is 482 g/mol. The molecule has 11 heteroatoms. The first-order valence-electron chi connectivity index (χ1n) is 10.1. The topological polar surface area (TPSA) is 67.3 Å². The fraction of sp³-hybridized carbons (Fsp3) is 0.381. The molecule has 1 saturated heterocycles. The summed E-state index contributed by atoms with van der Waals surface area (Å²) in [5, 5.41) is 3.21. The Hall–Kier alpha value is -2.50. The zero-order valence-electron chi connectivity index (χ0n) is 17.2. The van der Waals surface area contributed by atoms with Crippen LogP contribution in [0.1, 0.15) is 40.3 Å². The lowest BCUT2D eigenvalue weighted by atomic mass is 10.1. The Bertz CT molecular complexity index is 1090. The van der Waals surface area contributed by atoms with Gasteiger partial charge in [-0.15, -0.1) is 24.5 Å². The minimum Gasteiger partial charge on any atom is -0.406 e. The van der Waals surface area contributed by atoms with E-state index in [1.807, 2.05) is 0 Å². The van der Waals surface area contributed by atoms with Crippen molar-refractivity contribution < 1.29 is 22.7 Å². The third-order valence-corrected chi connectivity index (χ3v) is 6.78. The van der Waals surface area contributed by atoms with E-state index in [4.69, 9.17) is 0 Å². The summed E-state index contributed by atoms with van der Waals surface area (Å²) in [5.74, 6) is 0.0620. The van der Waals surface area contributed by atoms with Gasteiger partial charge in [0, 0.05) is 21.3 Å². The molecular formula is C21H21F3N4O2S2. The van der Waals surface area contributed by atoms with Gasteiger partial charge in [-0.1, -0.05) is 18.6 Å². The van der Waals surface area contributed by atoms with Crippen molar-refractivity contribution in [1.29, 1.82) is 0 Å². The zero-order chi connectivity index (χ0) is 22.7. The number of thiophene rings is 1. The van der Waals surface area contributed by atoms with Crippen LogP contribution in [-0.4, -0.2) is 39.6 Å². The molecule has 0 bridgehead atoms. The van der Waals surface area contributed by atoms with E-state index in [2.05, 4.69) is 24.3 Å². The Labute approximate surface area is 191 Å². The van der Waals surface area contributed by atoms with Crippen LogP contribution in [0, 0.1) is 6.92 Å². The molecule has 1 aromatic carbocycles. The van der Waals surface area contributed by atoms with Gasteiger partial charge in [-0.05, 0) is 56.6 Å². The van der Waals surface area contributed by atoms with Gasteiger partial charge in [0.15, 0.2) is 5.82 Å². The predicted octanol–water partition coefficient (Wildman–Crippen LogP) is 5.71. The summed E-state index contributed by atoms with van der Waals surface area (Å²) >= 11 is 2.46. The molecule has 170 valence electrons. The van der Waals surface area contributed by atoms with Gasteiger partial charge in [0.05, 0.1) is 12.1 Å². The molecule has 4 rings (SSSR count). The van der Waals surface area contributed by atoms with Gasteiger partial charge in [0.1, 0.15) is 5.75 Å². The molecule has 0 atom stereocenters. The Morgan fingerprint density at radius 3 is 2.75 bits per heavy atom. The number of hydrogen-bond acceptors (Lipinski definition) is 7. The van der Waals surface area contributed by atoms with Crippen LogP contribution < -0.4 is 10.1 Å². The third kappa shape index (κ3) is 5.84. The number of benzene rings is 1. The maximum absolute atomic E-state index is 12.8. The smallest absolute Gasteiger partial charge is 0.406 e. The highest BCUT2D eigenvalue weighted by Gasteiger charge is 2.31. The van der Waals surface area contributed by atoms with E-state index in [0.717, 1.165) is 29.5 Å². The maximum atomic E-state index is 12.8. The first kappa shape index (κ1) is 22.7. The summed E-state index contributed by atoms with van der Waals surface area (Å²) in [4.78, 5) is 20.9. The number of rotatable bonds is 6. The molecule has 1 amide bonds. The van der Waals surface area contributed by atoms with Crippen molar-refractivity contribution in [3.63, 3.8) is 0 Å². The van der Waals surface area contributed by atoms with Crippen molar-refractivity contribution in [2.75, 3.05) is 18.4 Å². The lowest BCUT2D eigenvalue weighted by Gasteiger charge is -2.24. The Morgan fingerprint density at radius 1 is 1.22 bits per heavy atom. The molecule has 0 spiro atoms. The number of aryl methyl sites for hydroxylation is 1. The molecule has 6 nitrogen and oxygen atoms in total. The standard InChI is InChI=1S/C21H21F3N4O2S2/c1-13-16(11-17(31-13)14-6-5-7-15(10-14)30-21(22,23)24)19(29)26-20-25-18(27-32-20)12-28-8-3-2-4-9-28/h5-7,10-11H,2-4,8-9,12H2,1H3,(H,25,26,27,29). The number of likely N-dealkylation sites (tertiary alicyclic amines) is 1. The van der Waals surface area contributed by atoms with Crippen molar-refractivity contribution in [2.45, 2.75) is 39.1 Å². The quantitative estimate of drug-likeness (QED) is 0.487. The fourth-order valence-corrected chi connectivity index (χ4v) is 5.14. The summed E-state index contributed by atoms with van der Waals surface area (Å²) in [6.07, 6.45) is -1.15. The summed E-state index contributed by atoms with van der Waals surface area (Å²) in [5.41, 5.74) is 0.985. The predicted molar refractivity (Wildman–Crippen MR) is 118 cm³/mol. The third-order valence-electron chi connectivity index (χ3n) is 5.02. The molecule has 32 heavy (non-hydrogen) atoms. The number of piperidine rings is 1. The van der Waals surface area contributed by atoms with E-state index in [0.29, 0.717) is 33.5 Å². The first-order chi connectivity index (χ1) is 15.3. The summed E-state index contributed by atoms with van der Waals surface area (Å²) < 4.78 is 45.8. The summed E-state index contributed by atoms with van der Waals surface area (Å²) in [6.45, 7) is 4.53. The van der Waals surface area contributed by atoms with E-state index in [1.54, 1.807) is 19.1 Å². The molecule has 1 fully saturated rings. The number of alkyl halides is 3. The molecule has 3 aromatic rings. The second kappa shape index (κ2) is 9.55. The second-order valence-corrected chi connectivity index (χ2v) is 9.47. The molecule has 1 N–H and O–H groups in total. The maximum Gasteiger partial charge on any atom is 0.573 e. The van der Waals surface area contributed by atoms with E-state index in [9.17, 15) is 18.0 Å². The minimum absolute atomic E-state index is 0.304. The second-order valence-electron chi connectivity index (χ2n) is 7.46. The van der Waals surface area contributed by atoms with E-state index in [-0.39, 0.29) is 11.7 Å². The number of anilines is 1. The Morgan fingerprint density at radius 2 is 2.00 bits per heavy atom. The normalized spacial score (nSPS) is 15.0. The average Bonchev–Trinajstić information content (AvgIpc) is 3.34. The Balaban J connectivity index is 1.44. The van der Waals surface area contributed by atoms with E-state index < -0.39 is 6.36 Å². The van der Waals surface area contributed by atoms with Crippen LogP contribution in [0.4, 0.5) is 18.3 Å². The van der Waals surface area contributed by atoms with Crippen molar-refractivity contribution in [2.24, 2.45) is 0 Å². The number of nitrogens with zero attached hydrogens (tertiary/aromatic N) is 3. The van der Waals surface area contributed by atoms with Crippen molar-refractivity contribution in [3.05, 3.63) is 46.6 Å². The number of carbonyl (C=O) groups excluding carboxylic acids is 1. The molecule has 0 unspecified atom stereocenters. The lowest BCUT2D eigenvalue weighted by molar-refractivity contribution is -0.274. The highest BCUT2D eigenvalue weighted by molar-refractivity contribution is 7.15. The number of halogens is 3. The van der Waals surface area contributed by atoms with Gasteiger partial charge >= 0.3 is 6.36 Å². The number of aromatic nitrogens is 2. The fourth-order valence-electron chi connectivity index (χ4n) is 3.55. The summed E-state index contributed by atoms with van der Waals surface area (Å²) in [7, 11) is 0. The number of nitrogens with one attached hydrogen (secondary N) is 1. The van der Waals surface area contributed by atoms with Crippen molar-refractivity contribution in [1.82, 2.24) is 14.3 Å². The summed E-state index contributed by atoms with van der Waals surface area (Å²) in [6, 6.07) is 7.36. The highest BCUT2D eigenvalue weighted by Crippen LogP contribution is 2.34. The zero-order valence-corrected chi connectivity index (χ0v) is 18.9. The van der Waals surface area contributed by atoms with Crippen LogP contribution in [0.5, 0.6) is 5.75 Å². The largest absolute Gasteiger partial charge is 0.573 e. The molecule has 1 aliphatic rings. The van der Waals surface area contributed by atoms with Crippen LogP contribution in [-0.2, 0) is 6.54 Å². The van der Waals surface area contributed by atoms with Gasteiger partial charge in [-0.2, -0.15) is 4.37 Å². The van der Waals surface area contributed by atoms with Crippen LogP contribution >= 0.6 is 22.9 Å². The average molecular weight is 483 g/mol. The van der Waals surface area contributed by atoms with Gasteiger partial charge in [0.25, 0.3) is 5.91 Å². The molecule has 0 aliphatic carbocycles. The van der Waals surface area contributed by atoms with Crippen LogP contribution in [0.15, 0.2) is 30.3 Å². The number of hydrogen-bond donors (Lipinski definition) is 1. The van der Waals surface area contributed by atoms with Gasteiger partial charge < -0.3 is 4.74 Å². The van der Waals surface area contributed by atoms with E-state index >= 15 is 0 Å². The van der Waals surface area contributed by atoms with Gasteiger partial charge in [0.2, 0.25) is 5.13 Å². The highest BCUT2D eigenvalue weighted by atomic mass is 32.1. The van der Waals surface area contributed by atoms with Crippen molar-refractivity contribution >= 4 is 33.9 Å². The lowest BCUT2D eigenvalue weighted by Crippen LogP contribution is -2.29. The molecule has 2 aromatic heterocycles. The SMILES string of the molecule is Cc1sc(-c2cccc(OC(F)(F)F)c2)cc1C(=O)Nc1nc(CN2CCCCC2)ns1. The van der Waals surface area contributed by atoms with Gasteiger partial charge in [-0.3, -0.25) is 15.0 Å². The number of ether oxygens (including phenoxy) is 1. The molecule has 3 heterocycles. The van der Waals surface area contributed by atoms with E-state index in [1.165, 1.54) is 48.8 Å². The van der Waals surface area contributed by atoms with Crippen LogP contribution in [0.25, 0.3) is 10.4 Å². The van der Waals surface area contributed by atoms with Crippen LogP contribution in [0.2, 0.25) is 0 Å². The van der Waals surface area contributed by atoms with Gasteiger partial charge in [-0.25, -0.2) is 4.98 Å². The first-order valence-corrected chi connectivity index (χ1v) is 11.7. The number of amides is 1. The molecule has 1 aliphatic heterocycles. The molecule has 0 saturated carbocycles. The van der Waals surface area contributed by atoms with Crippen molar-refractivity contribution in [3.8, 4) is 16.2 Å².